The summed E-state index contributed by atoms with van der Waals surface area (Å²) in [4.78, 5) is 45.2. The standard InChI is InChI=1S/C24H20ClN5O9/c1-3-38-22-10-14(4-7-21(22)39-20-9-6-16(29(33)34)12-18(20)30(35)36)13-26-28-24(32)23(31)27-17-11-15(25)5-8-19(17)37-2/h4-13H,3H2,1-2H3,(H,27,31)(H,28,32)/b26-13+. The van der Waals surface area contributed by atoms with E-state index in [2.05, 4.69) is 15.8 Å². The first kappa shape index (κ1) is 28.3. The third-order valence-corrected chi connectivity index (χ3v) is 5.07. The second-order valence-electron chi connectivity index (χ2n) is 7.41. The van der Waals surface area contributed by atoms with Crippen molar-refractivity contribution in [2.75, 3.05) is 19.0 Å². The normalized spacial score (nSPS) is 10.5. The zero-order valence-electron chi connectivity index (χ0n) is 20.4. The maximum absolute atomic E-state index is 12.2. The molecule has 2 N–H and O–H groups in total. The van der Waals surface area contributed by atoms with Crippen LogP contribution in [0.15, 0.2) is 59.7 Å². The van der Waals surface area contributed by atoms with Gasteiger partial charge in [-0.25, -0.2) is 5.43 Å². The lowest BCUT2D eigenvalue weighted by Crippen LogP contribution is -2.32. The number of benzene rings is 3. The van der Waals surface area contributed by atoms with Gasteiger partial charge < -0.3 is 19.5 Å². The van der Waals surface area contributed by atoms with Crippen LogP contribution in [0, 0.1) is 20.2 Å². The summed E-state index contributed by atoms with van der Waals surface area (Å²) in [6.45, 7) is 1.91. The molecule has 0 aliphatic heterocycles. The fraction of sp³-hybridized carbons (Fsp3) is 0.125. The van der Waals surface area contributed by atoms with Crippen LogP contribution in [0.2, 0.25) is 5.02 Å². The van der Waals surface area contributed by atoms with Gasteiger partial charge in [0.1, 0.15) is 5.75 Å². The molecule has 0 saturated heterocycles. The third kappa shape index (κ3) is 7.39. The Morgan fingerprint density at radius 1 is 0.949 bits per heavy atom. The van der Waals surface area contributed by atoms with Gasteiger partial charge in [0, 0.05) is 11.1 Å². The average Bonchev–Trinajstić information content (AvgIpc) is 2.90. The monoisotopic (exact) mass is 557 g/mol. The number of nitrogens with one attached hydrogen (secondary N) is 2. The fourth-order valence-electron chi connectivity index (χ4n) is 3.10. The lowest BCUT2D eigenvalue weighted by atomic mass is 10.2. The number of hydrogen-bond acceptors (Lipinski definition) is 10. The van der Waals surface area contributed by atoms with Gasteiger partial charge >= 0.3 is 17.5 Å². The third-order valence-electron chi connectivity index (χ3n) is 4.83. The van der Waals surface area contributed by atoms with Crippen molar-refractivity contribution < 1.29 is 33.6 Å². The summed E-state index contributed by atoms with van der Waals surface area (Å²) in [5, 5.41) is 28.8. The molecule has 0 radical (unpaired) electrons. The highest BCUT2D eigenvalue weighted by Crippen LogP contribution is 2.38. The zero-order chi connectivity index (χ0) is 28.5. The molecule has 0 aliphatic carbocycles. The number of halogens is 1. The van der Waals surface area contributed by atoms with Crippen LogP contribution in [0.4, 0.5) is 17.1 Å². The first-order valence-corrected chi connectivity index (χ1v) is 11.4. The molecule has 0 aliphatic rings. The molecule has 0 fully saturated rings. The van der Waals surface area contributed by atoms with Crippen LogP contribution >= 0.6 is 11.6 Å². The SMILES string of the molecule is CCOc1cc(/C=N/NC(=O)C(=O)Nc2cc(Cl)ccc2OC)ccc1Oc1ccc([N+](=O)[O-])cc1[N+](=O)[O-]. The average molecular weight is 558 g/mol. The molecule has 0 saturated carbocycles. The number of anilines is 1. The van der Waals surface area contributed by atoms with Crippen molar-refractivity contribution in [2.45, 2.75) is 6.92 Å². The van der Waals surface area contributed by atoms with Crippen LogP contribution in [-0.4, -0.2) is 41.6 Å². The lowest BCUT2D eigenvalue weighted by molar-refractivity contribution is -0.394. The quantitative estimate of drug-likeness (QED) is 0.157. The number of nitro groups is 2. The van der Waals surface area contributed by atoms with Crippen LogP contribution < -0.4 is 25.0 Å². The fourth-order valence-corrected chi connectivity index (χ4v) is 3.27. The van der Waals surface area contributed by atoms with Crippen LogP contribution in [0.3, 0.4) is 0 Å². The minimum absolute atomic E-state index is 0.0878. The predicted molar refractivity (Wildman–Crippen MR) is 140 cm³/mol. The summed E-state index contributed by atoms with van der Waals surface area (Å²) < 4.78 is 16.3. The van der Waals surface area contributed by atoms with Crippen molar-refractivity contribution in [3.05, 3.63) is 85.4 Å². The highest BCUT2D eigenvalue weighted by molar-refractivity contribution is 6.40. The molecule has 0 unspecified atom stereocenters. The van der Waals surface area contributed by atoms with Gasteiger partial charge in [0.2, 0.25) is 5.75 Å². The summed E-state index contributed by atoms with van der Waals surface area (Å²) in [5.41, 5.74) is 1.63. The van der Waals surface area contributed by atoms with Gasteiger partial charge in [-0.3, -0.25) is 29.8 Å². The number of carbonyl (C=O) groups excluding carboxylic acids is 2. The highest BCUT2D eigenvalue weighted by atomic mass is 35.5. The van der Waals surface area contributed by atoms with Gasteiger partial charge in [0.05, 0.1) is 41.5 Å². The van der Waals surface area contributed by atoms with Crippen LogP contribution in [0.25, 0.3) is 0 Å². The molecule has 14 nitrogen and oxygen atoms in total. The highest BCUT2D eigenvalue weighted by Gasteiger charge is 2.22. The number of ether oxygens (including phenoxy) is 3. The Kier molecular flexibility index (Phi) is 9.32. The van der Waals surface area contributed by atoms with Gasteiger partial charge in [-0.2, -0.15) is 5.10 Å². The summed E-state index contributed by atoms with van der Waals surface area (Å²) in [7, 11) is 1.39. The van der Waals surface area contributed by atoms with Crippen molar-refractivity contribution in [1.29, 1.82) is 0 Å². The minimum atomic E-state index is -1.07. The van der Waals surface area contributed by atoms with Crippen LogP contribution in [0.5, 0.6) is 23.0 Å². The van der Waals surface area contributed by atoms with Crippen molar-refractivity contribution in [3.8, 4) is 23.0 Å². The maximum Gasteiger partial charge on any atom is 0.329 e. The first-order chi connectivity index (χ1) is 18.6. The number of carbonyl (C=O) groups is 2. The summed E-state index contributed by atoms with van der Waals surface area (Å²) in [5.74, 6) is -1.76. The molecular weight excluding hydrogens is 538 g/mol. The summed E-state index contributed by atoms with van der Waals surface area (Å²) >= 11 is 5.91. The van der Waals surface area contributed by atoms with E-state index in [0.29, 0.717) is 16.3 Å². The lowest BCUT2D eigenvalue weighted by Gasteiger charge is -2.12. The Morgan fingerprint density at radius 3 is 2.33 bits per heavy atom. The molecule has 15 heteroatoms. The van der Waals surface area contributed by atoms with Crippen LogP contribution in [0.1, 0.15) is 12.5 Å². The van der Waals surface area contributed by atoms with E-state index in [1.165, 1.54) is 43.7 Å². The smallest absolute Gasteiger partial charge is 0.329 e. The number of amides is 2. The van der Waals surface area contributed by atoms with E-state index in [4.69, 9.17) is 25.8 Å². The number of hydrazone groups is 1. The molecule has 39 heavy (non-hydrogen) atoms. The Hall–Kier alpha value is -5.24. The molecule has 3 rings (SSSR count). The van der Waals surface area contributed by atoms with Crippen molar-refractivity contribution in [3.63, 3.8) is 0 Å². The van der Waals surface area contributed by atoms with E-state index in [1.807, 2.05) is 0 Å². The van der Waals surface area contributed by atoms with Crippen molar-refractivity contribution in [1.82, 2.24) is 5.43 Å². The van der Waals surface area contributed by atoms with Gasteiger partial charge in [0.25, 0.3) is 5.69 Å². The minimum Gasteiger partial charge on any atom is -0.495 e. The Labute approximate surface area is 225 Å². The number of nitrogens with zero attached hydrogens (tertiary/aromatic N) is 3. The number of hydrogen-bond donors (Lipinski definition) is 2. The molecule has 0 atom stereocenters. The van der Waals surface area contributed by atoms with E-state index < -0.39 is 33.0 Å². The molecule has 3 aromatic rings. The Morgan fingerprint density at radius 2 is 1.67 bits per heavy atom. The number of non-ortho nitro benzene ring substituents is 1. The summed E-state index contributed by atoms with van der Waals surface area (Å²) in [6.07, 6.45) is 1.23. The van der Waals surface area contributed by atoms with Gasteiger partial charge in [0.15, 0.2) is 11.5 Å². The molecule has 3 aromatic carbocycles. The topological polar surface area (TPSA) is 185 Å². The number of methoxy groups -OCH3 is 1. The van der Waals surface area contributed by atoms with Gasteiger partial charge in [-0.1, -0.05) is 11.6 Å². The molecule has 202 valence electrons. The zero-order valence-corrected chi connectivity index (χ0v) is 21.1. The van der Waals surface area contributed by atoms with Gasteiger partial charge in [-0.15, -0.1) is 0 Å². The number of nitro benzene ring substituents is 2. The van der Waals surface area contributed by atoms with Crippen molar-refractivity contribution in [2.24, 2.45) is 5.10 Å². The number of rotatable bonds is 10. The Bertz CT molecular complexity index is 1460. The molecule has 2 amide bonds. The van der Waals surface area contributed by atoms with E-state index in [9.17, 15) is 29.8 Å². The molecular formula is C24H20ClN5O9. The largest absolute Gasteiger partial charge is 0.495 e. The molecule has 0 spiro atoms. The molecule has 0 bridgehead atoms. The van der Waals surface area contributed by atoms with E-state index in [-0.39, 0.29) is 29.5 Å². The second kappa shape index (κ2) is 12.8. The second-order valence-corrected chi connectivity index (χ2v) is 7.84. The van der Waals surface area contributed by atoms with Crippen molar-refractivity contribution >= 4 is 46.7 Å². The molecule has 0 heterocycles. The molecule has 0 aromatic heterocycles. The van der Waals surface area contributed by atoms with E-state index >= 15 is 0 Å². The maximum atomic E-state index is 12.2. The van der Waals surface area contributed by atoms with Gasteiger partial charge in [-0.05, 0) is 55.0 Å². The predicted octanol–water partition coefficient (Wildman–Crippen LogP) is 4.44. The first-order valence-electron chi connectivity index (χ1n) is 11.0. The van der Waals surface area contributed by atoms with E-state index in [1.54, 1.807) is 13.0 Å². The Balaban J connectivity index is 1.73. The van der Waals surface area contributed by atoms with Crippen LogP contribution in [-0.2, 0) is 9.59 Å². The van der Waals surface area contributed by atoms with E-state index in [0.717, 1.165) is 18.2 Å². The summed E-state index contributed by atoms with van der Waals surface area (Å²) in [6, 6.07) is 11.9.